The molecule has 17 heavy (non-hydrogen) atoms. The second-order valence-corrected chi connectivity index (χ2v) is 4.49. The van der Waals surface area contributed by atoms with Gasteiger partial charge in [0, 0.05) is 0 Å². The van der Waals surface area contributed by atoms with Crippen LogP contribution in [-0.4, -0.2) is 37.9 Å². The average Bonchev–Trinajstić information content (AvgIpc) is 2.72. The van der Waals surface area contributed by atoms with E-state index in [1.54, 1.807) is 6.20 Å². The summed E-state index contributed by atoms with van der Waals surface area (Å²) in [5, 5.41) is 20.0. The first-order chi connectivity index (χ1) is 8.11. The number of aromatic nitrogens is 4. The van der Waals surface area contributed by atoms with E-state index in [1.807, 2.05) is 13.8 Å². The van der Waals surface area contributed by atoms with Crippen LogP contribution in [-0.2, 0) is 0 Å². The molecule has 2 aromatic rings. The first-order valence-corrected chi connectivity index (χ1v) is 5.73. The van der Waals surface area contributed by atoms with Crippen molar-refractivity contribution in [3.8, 4) is 0 Å². The number of nitrogens with one attached hydrogen (secondary N) is 2. The van der Waals surface area contributed by atoms with E-state index in [1.165, 1.54) is 0 Å². The standard InChI is InChI=1S/C10H14ClN5O/c1-5(2)7(4-17)13-8-6-3-12-16-9(6)15-10(11)14-8/h3,5,7,17H,4H2,1-2H3,(H2,12,13,14,15,16)/t7-/m1/s1. The zero-order valence-corrected chi connectivity index (χ0v) is 10.4. The fourth-order valence-corrected chi connectivity index (χ4v) is 1.69. The number of aromatic amines is 1. The molecule has 0 radical (unpaired) electrons. The summed E-state index contributed by atoms with van der Waals surface area (Å²) in [7, 11) is 0. The second-order valence-electron chi connectivity index (χ2n) is 4.15. The average molecular weight is 256 g/mol. The Morgan fingerprint density at radius 2 is 2.24 bits per heavy atom. The van der Waals surface area contributed by atoms with Crippen LogP contribution in [0, 0.1) is 5.92 Å². The van der Waals surface area contributed by atoms with Crippen LogP contribution in [0.3, 0.4) is 0 Å². The maximum Gasteiger partial charge on any atom is 0.226 e. The van der Waals surface area contributed by atoms with Gasteiger partial charge < -0.3 is 10.4 Å². The number of H-pyrrole nitrogens is 1. The lowest BCUT2D eigenvalue weighted by atomic mass is 10.1. The Bertz CT molecular complexity index is 512. The highest BCUT2D eigenvalue weighted by atomic mass is 35.5. The molecule has 0 bridgehead atoms. The van der Waals surface area contributed by atoms with E-state index in [4.69, 9.17) is 11.6 Å². The summed E-state index contributed by atoms with van der Waals surface area (Å²) in [6, 6.07) is -0.0842. The maximum atomic E-state index is 9.29. The second kappa shape index (κ2) is 4.85. The Labute approximate surface area is 103 Å². The van der Waals surface area contributed by atoms with E-state index >= 15 is 0 Å². The number of fused-ring (bicyclic) bond motifs is 1. The molecule has 0 fully saturated rings. The molecule has 0 saturated carbocycles. The van der Waals surface area contributed by atoms with E-state index in [-0.39, 0.29) is 23.9 Å². The first-order valence-electron chi connectivity index (χ1n) is 5.36. The lowest BCUT2D eigenvalue weighted by molar-refractivity contribution is 0.249. The van der Waals surface area contributed by atoms with Gasteiger partial charge in [0.25, 0.3) is 0 Å². The van der Waals surface area contributed by atoms with Crippen molar-refractivity contribution in [3.05, 3.63) is 11.5 Å². The van der Waals surface area contributed by atoms with Crippen LogP contribution in [0.25, 0.3) is 11.0 Å². The lowest BCUT2D eigenvalue weighted by Gasteiger charge is -2.20. The van der Waals surface area contributed by atoms with Crippen molar-refractivity contribution >= 4 is 28.5 Å². The Morgan fingerprint density at radius 3 is 2.88 bits per heavy atom. The molecule has 2 aromatic heterocycles. The summed E-state index contributed by atoms with van der Waals surface area (Å²) >= 11 is 5.81. The molecule has 0 aliphatic carbocycles. The van der Waals surface area contributed by atoms with Gasteiger partial charge >= 0.3 is 0 Å². The molecule has 7 heteroatoms. The van der Waals surface area contributed by atoms with Crippen molar-refractivity contribution in [2.24, 2.45) is 5.92 Å². The Balaban J connectivity index is 2.37. The van der Waals surface area contributed by atoms with Gasteiger partial charge in [-0.15, -0.1) is 0 Å². The molecular weight excluding hydrogens is 242 g/mol. The molecule has 0 aliphatic heterocycles. The number of aliphatic hydroxyl groups is 1. The number of halogens is 1. The maximum absolute atomic E-state index is 9.29. The number of nitrogens with zero attached hydrogens (tertiary/aromatic N) is 3. The van der Waals surface area contributed by atoms with Gasteiger partial charge in [-0.05, 0) is 17.5 Å². The molecule has 0 amide bonds. The third kappa shape index (κ3) is 2.48. The topological polar surface area (TPSA) is 86.7 Å². The van der Waals surface area contributed by atoms with Crippen molar-refractivity contribution in [1.29, 1.82) is 0 Å². The third-order valence-electron chi connectivity index (χ3n) is 2.61. The number of rotatable bonds is 4. The van der Waals surface area contributed by atoms with E-state index < -0.39 is 0 Å². The zero-order chi connectivity index (χ0) is 12.4. The fourth-order valence-electron chi connectivity index (χ4n) is 1.52. The van der Waals surface area contributed by atoms with Crippen LogP contribution in [0.5, 0.6) is 0 Å². The van der Waals surface area contributed by atoms with Gasteiger partial charge in [-0.25, -0.2) is 0 Å². The molecule has 6 nitrogen and oxygen atoms in total. The normalized spacial score (nSPS) is 13.2. The SMILES string of the molecule is CC(C)[C@@H](CO)Nc1nc(Cl)nc2[nH]ncc12. The largest absolute Gasteiger partial charge is 0.394 e. The molecule has 2 rings (SSSR count). The molecule has 92 valence electrons. The number of anilines is 1. The van der Waals surface area contributed by atoms with Gasteiger partial charge in [-0.3, -0.25) is 5.10 Å². The van der Waals surface area contributed by atoms with Crippen molar-refractivity contribution in [3.63, 3.8) is 0 Å². The van der Waals surface area contributed by atoms with Crippen molar-refractivity contribution < 1.29 is 5.11 Å². The Kier molecular flexibility index (Phi) is 3.44. The molecule has 0 aliphatic rings. The van der Waals surface area contributed by atoms with Crippen molar-refractivity contribution in [2.45, 2.75) is 19.9 Å². The van der Waals surface area contributed by atoms with Crippen LogP contribution in [0.2, 0.25) is 5.28 Å². The lowest BCUT2D eigenvalue weighted by Crippen LogP contribution is -2.30. The highest BCUT2D eigenvalue weighted by Crippen LogP contribution is 2.21. The summed E-state index contributed by atoms with van der Waals surface area (Å²) in [5.41, 5.74) is 0.577. The van der Waals surface area contributed by atoms with Crippen LogP contribution >= 0.6 is 11.6 Å². The summed E-state index contributed by atoms with van der Waals surface area (Å²) < 4.78 is 0. The summed E-state index contributed by atoms with van der Waals surface area (Å²) in [5.74, 6) is 0.859. The predicted octanol–water partition coefficient (Wildman–Crippen LogP) is 1.44. The van der Waals surface area contributed by atoms with Gasteiger partial charge in [0.2, 0.25) is 5.28 Å². The number of hydrogen-bond acceptors (Lipinski definition) is 5. The smallest absolute Gasteiger partial charge is 0.226 e. The van der Waals surface area contributed by atoms with Crippen molar-refractivity contribution in [2.75, 3.05) is 11.9 Å². The van der Waals surface area contributed by atoms with Gasteiger partial charge in [0.05, 0.1) is 24.2 Å². The van der Waals surface area contributed by atoms with Crippen LogP contribution in [0.15, 0.2) is 6.20 Å². The van der Waals surface area contributed by atoms with E-state index in [0.29, 0.717) is 11.5 Å². The summed E-state index contributed by atoms with van der Waals surface area (Å²) in [6.07, 6.45) is 1.63. The molecule has 2 heterocycles. The minimum absolute atomic E-state index is 0.0264. The third-order valence-corrected chi connectivity index (χ3v) is 2.78. The van der Waals surface area contributed by atoms with Crippen LogP contribution < -0.4 is 5.32 Å². The van der Waals surface area contributed by atoms with E-state index in [2.05, 4.69) is 25.5 Å². The molecule has 1 atom stereocenters. The minimum Gasteiger partial charge on any atom is -0.394 e. The molecule has 0 saturated heterocycles. The predicted molar refractivity (Wildman–Crippen MR) is 66.0 cm³/mol. The van der Waals surface area contributed by atoms with Crippen molar-refractivity contribution in [1.82, 2.24) is 20.2 Å². The minimum atomic E-state index is -0.0842. The highest BCUT2D eigenvalue weighted by Gasteiger charge is 2.15. The van der Waals surface area contributed by atoms with E-state index in [0.717, 1.165) is 5.39 Å². The number of hydrogen-bond donors (Lipinski definition) is 3. The first kappa shape index (κ1) is 12.1. The van der Waals surface area contributed by atoms with Crippen LogP contribution in [0.1, 0.15) is 13.8 Å². The molecule has 0 aromatic carbocycles. The molecule has 3 N–H and O–H groups in total. The van der Waals surface area contributed by atoms with Gasteiger partial charge in [-0.2, -0.15) is 15.1 Å². The fraction of sp³-hybridized carbons (Fsp3) is 0.500. The van der Waals surface area contributed by atoms with Gasteiger partial charge in [0.15, 0.2) is 5.65 Å². The summed E-state index contributed by atoms with van der Waals surface area (Å²) in [4.78, 5) is 8.12. The monoisotopic (exact) mass is 255 g/mol. The molecular formula is C10H14ClN5O. The molecule has 0 spiro atoms. The van der Waals surface area contributed by atoms with E-state index in [9.17, 15) is 5.11 Å². The zero-order valence-electron chi connectivity index (χ0n) is 9.61. The highest BCUT2D eigenvalue weighted by molar-refractivity contribution is 6.28. The van der Waals surface area contributed by atoms with Gasteiger partial charge in [-0.1, -0.05) is 13.8 Å². The Morgan fingerprint density at radius 1 is 1.47 bits per heavy atom. The van der Waals surface area contributed by atoms with Crippen LogP contribution in [0.4, 0.5) is 5.82 Å². The summed E-state index contributed by atoms with van der Waals surface area (Å²) in [6.45, 7) is 4.06. The number of aliphatic hydroxyl groups excluding tert-OH is 1. The quantitative estimate of drug-likeness (QED) is 0.720. The molecule has 0 unspecified atom stereocenters. The van der Waals surface area contributed by atoms with Gasteiger partial charge in [0.1, 0.15) is 5.82 Å². The Hall–Kier alpha value is -1.40.